The number of carbonyl (C=O) groups is 2. The zero-order chi connectivity index (χ0) is 37.0. The molecule has 6 aromatic carbocycles. The first-order valence-electron chi connectivity index (χ1n) is 16.5. The Morgan fingerprint density at radius 2 is 1.15 bits per heavy atom. The van der Waals surface area contributed by atoms with E-state index in [4.69, 9.17) is 15.2 Å². The van der Waals surface area contributed by atoms with E-state index >= 15 is 0 Å². The summed E-state index contributed by atoms with van der Waals surface area (Å²) in [5, 5.41) is 24.9. The fraction of sp³-hybridized carbons (Fsp3) is 0.0889. The summed E-state index contributed by atoms with van der Waals surface area (Å²) >= 11 is 0. The maximum Gasteiger partial charge on any atom is 0.155 e. The zero-order valence-electron chi connectivity index (χ0n) is 30.0. The molecule has 8 aromatic rings. The molecule has 0 fully saturated rings. The molecule has 276 valence electrons. The molecular formula is C45H37Ir2N3O4-2. The SMILES string of the molecule is CC(=O)C=C(C)O.CC(=O)C=C(C)O.[Ir].[Ir].[c-]1cc2ccccc2cc1-c1ccc2ccccc2n1.[c-]1cccc2c1c1nccnc1c1ccccc21. The Labute approximate surface area is 341 Å². The number of ketones is 2. The van der Waals surface area contributed by atoms with Crippen molar-refractivity contribution in [2.75, 3.05) is 0 Å². The molecule has 7 nitrogen and oxygen atoms in total. The topological polar surface area (TPSA) is 113 Å². The van der Waals surface area contributed by atoms with E-state index in [1.165, 1.54) is 61.4 Å². The van der Waals surface area contributed by atoms with Crippen LogP contribution in [-0.2, 0) is 49.8 Å². The molecule has 0 aliphatic carbocycles. The van der Waals surface area contributed by atoms with Gasteiger partial charge in [-0.05, 0) is 50.2 Å². The zero-order valence-corrected chi connectivity index (χ0v) is 34.8. The first-order chi connectivity index (χ1) is 25.1. The molecular weight excluding hydrogens is 1030 g/mol. The molecule has 54 heavy (non-hydrogen) atoms. The number of benzene rings is 6. The van der Waals surface area contributed by atoms with Crippen molar-refractivity contribution < 1.29 is 60.0 Å². The molecule has 0 saturated heterocycles. The summed E-state index contributed by atoms with van der Waals surface area (Å²) in [6, 6.07) is 45.8. The van der Waals surface area contributed by atoms with Crippen molar-refractivity contribution in [2.24, 2.45) is 0 Å². The van der Waals surface area contributed by atoms with Gasteiger partial charge in [-0.1, -0.05) is 95.0 Å². The van der Waals surface area contributed by atoms with Crippen molar-refractivity contribution in [1.29, 1.82) is 0 Å². The summed E-state index contributed by atoms with van der Waals surface area (Å²) in [5.74, 6) is -0.125. The van der Waals surface area contributed by atoms with Gasteiger partial charge in [0.15, 0.2) is 11.6 Å². The molecule has 2 aromatic heterocycles. The molecule has 2 radical (unpaired) electrons. The molecule has 2 heterocycles. The molecule has 0 aliphatic rings. The number of aliphatic hydroxyl groups excluding tert-OH is 2. The minimum absolute atomic E-state index is 0. The minimum Gasteiger partial charge on any atom is -0.512 e. The van der Waals surface area contributed by atoms with Crippen LogP contribution in [0, 0.1) is 12.1 Å². The molecule has 0 aliphatic heterocycles. The number of allylic oxidation sites excluding steroid dienone is 4. The molecule has 0 bridgehead atoms. The molecule has 9 heteroatoms. The van der Waals surface area contributed by atoms with Crippen molar-refractivity contribution in [2.45, 2.75) is 27.7 Å². The molecule has 0 unspecified atom stereocenters. The van der Waals surface area contributed by atoms with Gasteiger partial charge >= 0.3 is 0 Å². The Bertz CT molecular complexity index is 2270. The monoisotopic (exact) mass is 1070 g/mol. The van der Waals surface area contributed by atoms with Gasteiger partial charge in [-0.25, -0.2) is 0 Å². The molecule has 0 saturated carbocycles. The molecule has 0 atom stereocenters. The maximum atomic E-state index is 10.0. The fourth-order valence-corrected chi connectivity index (χ4v) is 5.58. The summed E-state index contributed by atoms with van der Waals surface area (Å²) in [6.45, 7) is 5.70. The van der Waals surface area contributed by atoms with Crippen LogP contribution in [0.4, 0.5) is 0 Å². The summed E-state index contributed by atoms with van der Waals surface area (Å²) in [5.41, 5.74) is 4.89. The number of hydrogen-bond acceptors (Lipinski definition) is 7. The third-order valence-electron chi connectivity index (χ3n) is 7.64. The summed E-state index contributed by atoms with van der Waals surface area (Å²) in [6.07, 6.45) is 5.81. The second-order valence-corrected chi connectivity index (χ2v) is 11.9. The quantitative estimate of drug-likeness (QED) is 0.0784. The standard InChI is InChI=1S/C19H12N.C16H9N2.2C5H8O2.2Ir/c1-2-7-16-13-17(10-9-14(16)5-1)19-12-11-15-6-3-4-8-18(15)20-19;1-3-7-13-11(5-1)12-6-2-4-8-14(12)16-15(13)17-9-10-18-16;2*1-4(6)3-5(2)7;;/h1-9,11-13H;1-7,9-10H;2*3,6H,1-2H3;;/q2*-1;;;;. The van der Waals surface area contributed by atoms with E-state index in [0.29, 0.717) is 0 Å². The predicted molar refractivity (Wildman–Crippen MR) is 211 cm³/mol. The van der Waals surface area contributed by atoms with Gasteiger partial charge in [-0.15, -0.1) is 58.8 Å². The van der Waals surface area contributed by atoms with Crippen molar-refractivity contribution in [3.63, 3.8) is 0 Å². The third kappa shape index (κ3) is 11.5. The molecule has 0 spiro atoms. The van der Waals surface area contributed by atoms with Crippen LogP contribution >= 0.6 is 0 Å². The molecule has 2 N–H and O–H groups in total. The van der Waals surface area contributed by atoms with Gasteiger partial charge in [0.25, 0.3) is 0 Å². The van der Waals surface area contributed by atoms with Crippen LogP contribution in [0.5, 0.6) is 0 Å². The van der Waals surface area contributed by atoms with Crippen LogP contribution in [0.15, 0.2) is 151 Å². The Morgan fingerprint density at radius 3 is 1.78 bits per heavy atom. The average Bonchev–Trinajstić information content (AvgIpc) is 3.14. The Morgan fingerprint density at radius 1 is 0.593 bits per heavy atom. The largest absolute Gasteiger partial charge is 0.512 e. The van der Waals surface area contributed by atoms with Crippen LogP contribution in [0.2, 0.25) is 0 Å². The second-order valence-electron chi connectivity index (χ2n) is 11.9. The number of aromatic nitrogens is 3. The average molecular weight is 1070 g/mol. The second kappa shape index (κ2) is 20.7. The van der Waals surface area contributed by atoms with Crippen LogP contribution in [0.3, 0.4) is 0 Å². The van der Waals surface area contributed by atoms with E-state index < -0.39 is 0 Å². The van der Waals surface area contributed by atoms with Gasteiger partial charge in [0.05, 0.1) is 22.6 Å². The van der Waals surface area contributed by atoms with Gasteiger partial charge in [0.1, 0.15) is 0 Å². The Kier molecular flexibility index (Phi) is 16.5. The van der Waals surface area contributed by atoms with E-state index in [-0.39, 0.29) is 63.3 Å². The summed E-state index contributed by atoms with van der Waals surface area (Å²) in [4.78, 5) is 33.7. The van der Waals surface area contributed by atoms with Crippen molar-refractivity contribution in [3.05, 3.63) is 163 Å². The maximum absolute atomic E-state index is 10.0. The number of pyridine rings is 1. The number of carbonyl (C=O) groups excluding carboxylic acids is 2. The van der Waals surface area contributed by atoms with Crippen LogP contribution in [0.1, 0.15) is 27.7 Å². The van der Waals surface area contributed by atoms with Crippen molar-refractivity contribution in [3.8, 4) is 11.3 Å². The van der Waals surface area contributed by atoms with E-state index in [9.17, 15) is 9.59 Å². The molecule has 8 rings (SSSR count). The Hall–Kier alpha value is -5.43. The fourth-order valence-electron chi connectivity index (χ4n) is 5.58. The Balaban J connectivity index is 0.000000212. The van der Waals surface area contributed by atoms with E-state index in [1.807, 2.05) is 48.5 Å². The van der Waals surface area contributed by atoms with Gasteiger partial charge in [-0.2, -0.15) is 0 Å². The van der Waals surface area contributed by atoms with Crippen molar-refractivity contribution >= 4 is 65.8 Å². The smallest absolute Gasteiger partial charge is 0.155 e. The van der Waals surface area contributed by atoms with Crippen LogP contribution in [-0.4, -0.2) is 36.7 Å². The number of hydrogen-bond donors (Lipinski definition) is 2. The normalized spacial score (nSPS) is 10.8. The van der Waals surface area contributed by atoms with E-state index in [0.717, 1.165) is 44.0 Å². The number of nitrogens with zero attached hydrogens (tertiary/aromatic N) is 3. The number of aliphatic hydroxyl groups is 2. The van der Waals surface area contributed by atoms with Crippen molar-refractivity contribution in [1.82, 2.24) is 15.0 Å². The predicted octanol–water partition coefficient (Wildman–Crippen LogP) is 10.7. The van der Waals surface area contributed by atoms with Gasteiger partial charge in [0.2, 0.25) is 0 Å². The molecule has 0 amide bonds. The number of rotatable bonds is 3. The van der Waals surface area contributed by atoms with E-state index in [1.54, 1.807) is 12.4 Å². The third-order valence-corrected chi connectivity index (χ3v) is 7.64. The van der Waals surface area contributed by atoms with Crippen LogP contribution < -0.4 is 0 Å². The summed E-state index contributed by atoms with van der Waals surface area (Å²) < 4.78 is 0. The number of fused-ring (bicyclic) bond motifs is 8. The van der Waals surface area contributed by atoms with Gasteiger partial charge < -0.3 is 15.2 Å². The summed E-state index contributed by atoms with van der Waals surface area (Å²) in [7, 11) is 0. The van der Waals surface area contributed by atoms with Gasteiger partial charge in [0, 0.05) is 70.3 Å². The van der Waals surface area contributed by atoms with E-state index in [2.05, 4.69) is 88.8 Å². The van der Waals surface area contributed by atoms with Gasteiger partial charge in [-0.3, -0.25) is 19.6 Å². The first-order valence-corrected chi connectivity index (χ1v) is 16.5. The number of para-hydroxylation sites is 1. The first kappa shape index (κ1) is 43.0. The minimum atomic E-state index is -0.125. The van der Waals surface area contributed by atoms with Crippen LogP contribution in [0.25, 0.3) is 65.5 Å².